The SMILES string of the molecule is C1=CCC(Cc2ccccc2)=C1.[NaH]. The summed E-state index contributed by atoms with van der Waals surface area (Å²) in [5.41, 5.74) is 2.92. The van der Waals surface area contributed by atoms with Gasteiger partial charge in [0, 0.05) is 0 Å². The molecular formula is C12H13Na. The molecule has 0 heterocycles. The molecule has 0 nitrogen and oxygen atoms in total. The molecule has 1 aromatic rings. The third-order valence-corrected chi connectivity index (χ3v) is 2.12. The molecule has 0 fully saturated rings. The van der Waals surface area contributed by atoms with Gasteiger partial charge in [-0.05, 0) is 18.4 Å². The number of rotatable bonds is 2. The van der Waals surface area contributed by atoms with Crippen LogP contribution in [-0.4, -0.2) is 29.6 Å². The molecule has 0 saturated carbocycles. The number of benzene rings is 1. The molecule has 1 heteroatoms. The summed E-state index contributed by atoms with van der Waals surface area (Å²) < 4.78 is 0. The quantitative estimate of drug-likeness (QED) is 0.613. The van der Waals surface area contributed by atoms with Crippen molar-refractivity contribution in [2.75, 3.05) is 0 Å². The Morgan fingerprint density at radius 2 is 1.85 bits per heavy atom. The standard InChI is InChI=1S/C12H12.Na.H/c1-2-6-11(7-3-1)10-12-8-4-5-9-12;;/h1-8H,9-10H2;;. The molecule has 0 amide bonds. The second kappa shape index (κ2) is 5.43. The third kappa shape index (κ3) is 3.15. The first-order valence-electron chi connectivity index (χ1n) is 4.33. The van der Waals surface area contributed by atoms with Gasteiger partial charge in [0.25, 0.3) is 0 Å². The van der Waals surface area contributed by atoms with Crippen LogP contribution in [0, 0.1) is 0 Å². The van der Waals surface area contributed by atoms with Gasteiger partial charge in [-0.3, -0.25) is 0 Å². The molecule has 13 heavy (non-hydrogen) atoms. The van der Waals surface area contributed by atoms with Crippen molar-refractivity contribution in [3.63, 3.8) is 0 Å². The fourth-order valence-corrected chi connectivity index (χ4v) is 1.48. The monoisotopic (exact) mass is 180 g/mol. The molecule has 1 aliphatic carbocycles. The zero-order valence-electron chi connectivity index (χ0n) is 7.03. The molecule has 1 aliphatic rings. The van der Waals surface area contributed by atoms with E-state index in [9.17, 15) is 0 Å². The fraction of sp³-hybridized carbons (Fsp3) is 0.167. The topological polar surface area (TPSA) is 0 Å². The van der Waals surface area contributed by atoms with Gasteiger partial charge in [-0.2, -0.15) is 0 Å². The summed E-state index contributed by atoms with van der Waals surface area (Å²) in [6.07, 6.45) is 8.80. The molecule has 0 aromatic heterocycles. The van der Waals surface area contributed by atoms with E-state index in [0.29, 0.717) is 0 Å². The second-order valence-corrected chi connectivity index (χ2v) is 3.12. The van der Waals surface area contributed by atoms with E-state index >= 15 is 0 Å². The van der Waals surface area contributed by atoms with E-state index in [1.54, 1.807) is 0 Å². The first-order chi connectivity index (χ1) is 5.95. The summed E-state index contributed by atoms with van der Waals surface area (Å²) in [5.74, 6) is 0. The Morgan fingerprint density at radius 3 is 2.46 bits per heavy atom. The van der Waals surface area contributed by atoms with Crippen LogP contribution in [0.25, 0.3) is 0 Å². The van der Waals surface area contributed by atoms with Crippen LogP contribution < -0.4 is 0 Å². The molecule has 0 saturated heterocycles. The van der Waals surface area contributed by atoms with Gasteiger partial charge in [-0.25, -0.2) is 0 Å². The van der Waals surface area contributed by atoms with Crippen LogP contribution in [0.1, 0.15) is 12.0 Å². The van der Waals surface area contributed by atoms with Gasteiger partial charge < -0.3 is 0 Å². The number of allylic oxidation sites excluding steroid dienone is 4. The Bertz CT molecular complexity index is 309. The number of hydrogen-bond acceptors (Lipinski definition) is 0. The summed E-state index contributed by atoms with van der Waals surface area (Å²) in [6, 6.07) is 10.6. The molecule has 1 aromatic carbocycles. The van der Waals surface area contributed by atoms with Gasteiger partial charge in [-0.1, -0.05) is 54.1 Å². The zero-order chi connectivity index (χ0) is 8.23. The fourth-order valence-electron chi connectivity index (χ4n) is 1.48. The van der Waals surface area contributed by atoms with Crippen LogP contribution in [0.4, 0.5) is 0 Å². The molecule has 0 radical (unpaired) electrons. The summed E-state index contributed by atoms with van der Waals surface area (Å²) >= 11 is 0. The van der Waals surface area contributed by atoms with E-state index in [2.05, 4.69) is 48.6 Å². The number of hydrogen-bond donors (Lipinski definition) is 0. The van der Waals surface area contributed by atoms with E-state index in [0.717, 1.165) is 12.8 Å². The minimum atomic E-state index is 0. The molecule has 0 bridgehead atoms. The maximum atomic E-state index is 2.22. The van der Waals surface area contributed by atoms with Crippen LogP contribution in [0.15, 0.2) is 54.1 Å². The van der Waals surface area contributed by atoms with Crippen LogP contribution in [0.2, 0.25) is 0 Å². The first-order valence-corrected chi connectivity index (χ1v) is 4.33. The maximum absolute atomic E-state index is 2.22. The molecular weight excluding hydrogens is 167 g/mol. The summed E-state index contributed by atoms with van der Waals surface area (Å²) in [4.78, 5) is 0. The van der Waals surface area contributed by atoms with Gasteiger partial charge in [0.2, 0.25) is 0 Å². The van der Waals surface area contributed by atoms with Gasteiger partial charge in [0.1, 0.15) is 0 Å². The molecule has 2 rings (SSSR count). The average Bonchev–Trinajstić information content (AvgIpc) is 2.59. The third-order valence-electron chi connectivity index (χ3n) is 2.12. The van der Waals surface area contributed by atoms with E-state index in [4.69, 9.17) is 0 Å². The first kappa shape index (κ1) is 10.8. The molecule has 0 atom stereocenters. The summed E-state index contributed by atoms with van der Waals surface area (Å²) in [5, 5.41) is 0. The molecule has 0 aliphatic heterocycles. The van der Waals surface area contributed by atoms with Crippen LogP contribution in [-0.2, 0) is 6.42 Å². The normalized spacial score (nSPS) is 13.7. The molecule has 0 unspecified atom stereocenters. The van der Waals surface area contributed by atoms with E-state index in [1.165, 1.54) is 11.1 Å². The summed E-state index contributed by atoms with van der Waals surface area (Å²) in [7, 11) is 0. The Hall–Kier alpha value is -0.300. The van der Waals surface area contributed by atoms with Crippen molar-refractivity contribution in [1.29, 1.82) is 0 Å². The minimum absolute atomic E-state index is 0. The zero-order valence-corrected chi connectivity index (χ0v) is 7.03. The van der Waals surface area contributed by atoms with Crippen molar-refractivity contribution in [2.45, 2.75) is 12.8 Å². The van der Waals surface area contributed by atoms with Crippen molar-refractivity contribution in [1.82, 2.24) is 0 Å². The van der Waals surface area contributed by atoms with Crippen LogP contribution >= 0.6 is 0 Å². The van der Waals surface area contributed by atoms with Crippen LogP contribution in [0.5, 0.6) is 0 Å². The van der Waals surface area contributed by atoms with Crippen molar-refractivity contribution in [3.8, 4) is 0 Å². The molecule has 62 valence electrons. The van der Waals surface area contributed by atoms with E-state index < -0.39 is 0 Å². The van der Waals surface area contributed by atoms with E-state index in [-0.39, 0.29) is 29.6 Å². The summed E-state index contributed by atoms with van der Waals surface area (Å²) in [6.45, 7) is 0. The Labute approximate surface area is 102 Å². The van der Waals surface area contributed by atoms with Crippen molar-refractivity contribution >= 4 is 29.6 Å². The Balaban J connectivity index is 0.000000845. The van der Waals surface area contributed by atoms with Crippen molar-refractivity contribution < 1.29 is 0 Å². The molecule has 0 N–H and O–H groups in total. The van der Waals surface area contributed by atoms with E-state index in [1.807, 2.05) is 0 Å². The predicted octanol–water partition coefficient (Wildman–Crippen LogP) is 2.47. The Kier molecular flexibility index (Phi) is 4.51. The Morgan fingerprint density at radius 1 is 1.08 bits per heavy atom. The predicted molar refractivity (Wildman–Crippen MR) is 59.1 cm³/mol. The van der Waals surface area contributed by atoms with Gasteiger partial charge in [0.05, 0.1) is 0 Å². The van der Waals surface area contributed by atoms with Crippen LogP contribution in [0.3, 0.4) is 0 Å². The van der Waals surface area contributed by atoms with Gasteiger partial charge in [0.15, 0.2) is 0 Å². The van der Waals surface area contributed by atoms with Crippen molar-refractivity contribution in [3.05, 3.63) is 59.7 Å². The van der Waals surface area contributed by atoms with Gasteiger partial charge in [-0.15, -0.1) is 0 Å². The second-order valence-electron chi connectivity index (χ2n) is 3.12. The van der Waals surface area contributed by atoms with Crippen molar-refractivity contribution in [2.24, 2.45) is 0 Å². The average molecular weight is 180 g/mol. The molecule has 0 spiro atoms. The van der Waals surface area contributed by atoms with Gasteiger partial charge >= 0.3 is 29.6 Å².